The van der Waals surface area contributed by atoms with Crippen molar-refractivity contribution in [1.82, 2.24) is 0 Å². The van der Waals surface area contributed by atoms with E-state index in [9.17, 15) is 29.2 Å². The van der Waals surface area contributed by atoms with Crippen LogP contribution in [0.25, 0.3) is 0 Å². The highest BCUT2D eigenvalue weighted by Gasteiger charge is 2.44. The predicted molar refractivity (Wildman–Crippen MR) is 84.5 cm³/mol. The van der Waals surface area contributed by atoms with Gasteiger partial charge in [-0.2, -0.15) is 5.26 Å². The Morgan fingerprint density at radius 1 is 0.704 bits per heavy atom. The SMILES string of the molecule is CC(=O)OC[C@H](OC(C)=O)[C@@H](OC(C)=O)[C@H](OC(C)=O)[C@@H](C#N)OC(C)=O. The van der Waals surface area contributed by atoms with E-state index in [0.29, 0.717) is 0 Å². The monoisotopic (exact) mass is 387 g/mol. The van der Waals surface area contributed by atoms with E-state index in [4.69, 9.17) is 23.7 Å². The van der Waals surface area contributed by atoms with Crippen LogP contribution in [0.2, 0.25) is 0 Å². The zero-order valence-electron chi connectivity index (χ0n) is 15.5. The van der Waals surface area contributed by atoms with Crippen LogP contribution in [0, 0.1) is 11.3 Å². The van der Waals surface area contributed by atoms with Gasteiger partial charge in [-0.25, -0.2) is 0 Å². The van der Waals surface area contributed by atoms with Crippen LogP contribution in [0.4, 0.5) is 0 Å². The van der Waals surface area contributed by atoms with Gasteiger partial charge in [-0.15, -0.1) is 0 Å². The van der Waals surface area contributed by atoms with E-state index < -0.39 is 60.9 Å². The summed E-state index contributed by atoms with van der Waals surface area (Å²) in [4.78, 5) is 56.7. The van der Waals surface area contributed by atoms with Crippen LogP contribution in [-0.2, 0) is 47.7 Å². The molecule has 11 heteroatoms. The fraction of sp³-hybridized carbons (Fsp3) is 0.625. The van der Waals surface area contributed by atoms with Gasteiger partial charge in [0, 0.05) is 34.6 Å². The second-order valence-corrected chi connectivity index (χ2v) is 5.26. The van der Waals surface area contributed by atoms with Gasteiger partial charge in [0.25, 0.3) is 0 Å². The summed E-state index contributed by atoms with van der Waals surface area (Å²) in [7, 11) is 0. The topological polar surface area (TPSA) is 155 Å². The van der Waals surface area contributed by atoms with Gasteiger partial charge < -0.3 is 23.7 Å². The minimum Gasteiger partial charge on any atom is -0.462 e. The molecule has 0 amide bonds. The summed E-state index contributed by atoms with van der Waals surface area (Å²) in [5.41, 5.74) is 0. The number of esters is 5. The Morgan fingerprint density at radius 2 is 1.15 bits per heavy atom. The van der Waals surface area contributed by atoms with Gasteiger partial charge in [0.2, 0.25) is 6.10 Å². The molecule has 4 atom stereocenters. The molecule has 0 aliphatic carbocycles. The Hall–Kier alpha value is -3.16. The smallest absolute Gasteiger partial charge is 0.304 e. The number of nitriles is 1. The molecule has 0 aromatic rings. The molecule has 0 saturated carbocycles. The van der Waals surface area contributed by atoms with E-state index >= 15 is 0 Å². The van der Waals surface area contributed by atoms with E-state index in [0.717, 1.165) is 34.6 Å². The van der Waals surface area contributed by atoms with E-state index in [1.54, 1.807) is 6.07 Å². The van der Waals surface area contributed by atoms with Gasteiger partial charge in [-0.3, -0.25) is 24.0 Å². The molecule has 0 aliphatic heterocycles. The van der Waals surface area contributed by atoms with Crippen molar-refractivity contribution in [2.75, 3.05) is 6.61 Å². The Kier molecular flexibility index (Phi) is 10.1. The van der Waals surface area contributed by atoms with Crippen LogP contribution in [-0.4, -0.2) is 60.9 Å². The zero-order valence-corrected chi connectivity index (χ0v) is 15.5. The Labute approximate surface area is 155 Å². The van der Waals surface area contributed by atoms with E-state index in [-0.39, 0.29) is 0 Å². The minimum absolute atomic E-state index is 0.567. The van der Waals surface area contributed by atoms with Crippen molar-refractivity contribution in [2.45, 2.75) is 59.0 Å². The first-order valence-electron chi connectivity index (χ1n) is 7.69. The molecule has 0 saturated heterocycles. The second kappa shape index (κ2) is 11.5. The van der Waals surface area contributed by atoms with Gasteiger partial charge in [-0.1, -0.05) is 0 Å². The first-order valence-corrected chi connectivity index (χ1v) is 7.69. The lowest BCUT2D eigenvalue weighted by molar-refractivity contribution is -0.198. The van der Waals surface area contributed by atoms with Crippen LogP contribution >= 0.6 is 0 Å². The maximum absolute atomic E-state index is 11.5. The highest BCUT2D eigenvalue weighted by atomic mass is 16.6. The third-order valence-electron chi connectivity index (χ3n) is 2.78. The molecule has 0 bridgehead atoms. The standard InChI is InChI=1S/C16H21NO10/c1-8(18)23-7-14(25-10(3)20)16(27-12(5)22)15(26-11(4)21)13(6-17)24-9(2)19/h13-16H,7H2,1-5H3/t13-,14+,15-,16-/m1/s1. The third-order valence-corrected chi connectivity index (χ3v) is 2.78. The molecule has 0 radical (unpaired) electrons. The normalized spacial score (nSPS) is 14.4. The van der Waals surface area contributed by atoms with E-state index in [1.165, 1.54) is 0 Å². The molecule has 0 fully saturated rings. The molecule has 27 heavy (non-hydrogen) atoms. The molecule has 0 aromatic heterocycles. The average Bonchev–Trinajstić information content (AvgIpc) is 2.51. The number of carbonyl (C=O) groups excluding carboxylic acids is 5. The zero-order chi connectivity index (χ0) is 21.1. The quantitative estimate of drug-likeness (QED) is 0.381. The largest absolute Gasteiger partial charge is 0.462 e. The number of ether oxygens (including phenoxy) is 5. The Balaban J connectivity index is 6.01. The van der Waals surface area contributed by atoms with Gasteiger partial charge >= 0.3 is 29.8 Å². The average molecular weight is 387 g/mol. The number of hydrogen-bond acceptors (Lipinski definition) is 11. The number of carbonyl (C=O) groups is 5. The lowest BCUT2D eigenvalue weighted by Gasteiger charge is -2.33. The van der Waals surface area contributed by atoms with Gasteiger partial charge in [0.1, 0.15) is 12.7 Å². The fourth-order valence-electron chi connectivity index (χ4n) is 1.99. The number of hydrogen-bond donors (Lipinski definition) is 0. The second-order valence-electron chi connectivity index (χ2n) is 5.26. The molecule has 0 spiro atoms. The molecule has 0 aliphatic rings. The van der Waals surface area contributed by atoms with Crippen LogP contribution in [0.1, 0.15) is 34.6 Å². The van der Waals surface area contributed by atoms with Crippen LogP contribution in [0.3, 0.4) is 0 Å². The van der Waals surface area contributed by atoms with Crippen LogP contribution in [0.15, 0.2) is 0 Å². The summed E-state index contributed by atoms with van der Waals surface area (Å²) in [5, 5.41) is 9.27. The molecule has 0 aromatic carbocycles. The van der Waals surface area contributed by atoms with Gasteiger partial charge in [-0.05, 0) is 0 Å². The molecule has 0 rings (SSSR count). The molecule has 150 valence electrons. The Morgan fingerprint density at radius 3 is 1.52 bits per heavy atom. The van der Waals surface area contributed by atoms with E-state index in [2.05, 4.69) is 0 Å². The summed E-state index contributed by atoms with van der Waals surface area (Å²) in [6.07, 6.45) is -6.38. The summed E-state index contributed by atoms with van der Waals surface area (Å²) in [6.45, 7) is 4.60. The van der Waals surface area contributed by atoms with Crippen molar-refractivity contribution >= 4 is 29.8 Å². The first kappa shape index (κ1) is 23.8. The molecular formula is C16H21NO10. The van der Waals surface area contributed by atoms with Gasteiger partial charge in [0.15, 0.2) is 18.3 Å². The molecular weight excluding hydrogens is 366 g/mol. The summed E-state index contributed by atoms with van der Waals surface area (Å²) in [6, 6.07) is 1.61. The highest BCUT2D eigenvalue weighted by molar-refractivity contribution is 5.69. The number of rotatable bonds is 9. The number of nitrogens with zero attached hydrogens (tertiary/aromatic N) is 1. The lowest BCUT2D eigenvalue weighted by atomic mass is 10.0. The molecule has 0 unspecified atom stereocenters. The van der Waals surface area contributed by atoms with Crippen molar-refractivity contribution in [3.8, 4) is 6.07 Å². The van der Waals surface area contributed by atoms with Crippen molar-refractivity contribution in [3.63, 3.8) is 0 Å². The molecule has 11 nitrogen and oxygen atoms in total. The highest BCUT2D eigenvalue weighted by Crippen LogP contribution is 2.19. The van der Waals surface area contributed by atoms with Crippen molar-refractivity contribution < 1.29 is 47.7 Å². The van der Waals surface area contributed by atoms with Crippen LogP contribution < -0.4 is 0 Å². The van der Waals surface area contributed by atoms with Gasteiger partial charge in [0.05, 0.1) is 0 Å². The summed E-state index contributed by atoms with van der Waals surface area (Å²) in [5.74, 6) is -4.19. The fourth-order valence-corrected chi connectivity index (χ4v) is 1.99. The van der Waals surface area contributed by atoms with Crippen LogP contribution in [0.5, 0.6) is 0 Å². The van der Waals surface area contributed by atoms with E-state index in [1.807, 2.05) is 0 Å². The van der Waals surface area contributed by atoms with Crippen molar-refractivity contribution in [3.05, 3.63) is 0 Å². The first-order chi connectivity index (χ1) is 12.5. The lowest BCUT2D eigenvalue weighted by Crippen LogP contribution is -2.52. The minimum atomic E-state index is -1.69. The maximum atomic E-state index is 11.5. The maximum Gasteiger partial charge on any atom is 0.304 e. The third kappa shape index (κ3) is 9.78. The van der Waals surface area contributed by atoms with Crippen molar-refractivity contribution in [2.24, 2.45) is 0 Å². The molecule has 0 N–H and O–H groups in total. The summed E-state index contributed by atoms with van der Waals surface area (Å²) >= 11 is 0. The predicted octanol–water partition coefficient (Wildman–Crippen LogP) is -0.200. The van der Waals surface area contributed by atoms with Crippen molar-refractivity contribution in [1.29, 1.82) is 5.26 Å². The summed E-state index contributed by atoms with van der Waals surface area (Å²) < 4.78 is 24.6. The molecule has 0 heterocycles. The Bertz CT molecular complexity index is 623.